The number of ether oxygens (including phenoxy) is 1. The minimum atomic E-state index is 0.160. The van der Waals surface area contributed by atoms with E-state index in [1.165, 1.54) is 0 Å². The maximum absolute atomic E-state index is 5.91. The molecule has 0 radical (unpaired) electrons. The van der Waals surface area contributed by atoms with Crippen LogP contribution >= 0.6 is 0 Å². The molecule has 2 unspecified atom stereocenters. The zero-order valence-electron chi connectivity index (χ0n) is 9.69. The van der Waals surface area contributed by atoms with Crippen molar-refractivity contribution in [2.45, 2.75) is 57.8 Å². The van der Waals surface area contributed by atoms with Crippen molar-refractivity contribution in [2.24, 2.45) is 5.73 Å². The average molecular weight is 225 g/mol. The number of aryl methyl sites for hydroxylation is 1. The summed E-state index contributed by atoms with van der Waals surface area (Å²) in [5.74, 6) is 1.32. The van der Waals surface area contributed by atoms with E-state index in [0.29, 0.717) is 18.3 Å². The third-order valence-corrected chi connectivity index (χ3v) is 2.90. The van der Waals surface area contributed by atoms with Crippen molar-refractivity contribution < 1.29 is 9.26 Å². The molecule has 1 fully saturated rings. The fraction of sp³-hybridized carbons (Fsp3) is 0.818. The van der Waals surface area contributed by atoms with Gasteiger partial charge in [-0.3, -0.25) is 0 Å². The molecule has 1 aliphatic carbocycles. The number of nitrogens with zero attached hydrogens (tertiary/aromatic N) is 2. The lowest BCUT2D eigenvalue weighted by molar-refractivity contribution is 0.0310. The second kappa shape index (κ2) is 5.41. The zero-order valence-corrected chi connectivity index (χ0v) is 9.69. The predicted molar refractivity (Wildman–Crippen MR) is 58.7 cm³/mol. The monoisotopic (exact) mass is 225 g/mol. The Balaban J connectivity index is 1.80. The highest BCUT2D eigenvalue weighted by Gasteiger charge is 2.24. The highest BCUT2D eigenvalue weighted by Crippen LogP contribution is 2.21. The van der Waals surface area contributed by atoms with Crippen LogP contribution in [0.3, 0.4) is 0 Å². The Kier molecular flexibility index (Phi) is 3.90. The van der Waals surface area contributed by atoms with Crippen molar-refractivity contribution in [2.75, 3.05) is 0 Å². The topological polar surface area (TPSA) is 74.2 Å². The van der Waals surface area contributed by atoms with Gasteiger partial charge in [0, 0.05) is 12.5 Å². The highest BCUT2D eigenvalue weighted by atomic mass is 16.5. The predicted octanol–water partition coefficient (Wildman–Crippen LogP) is 1.42. The second-order valence-corrected chi connectivity index (χ2v) is 4.30. The molecule has 90 valence electrons. The van der Waals surface area contributed by atoms with Gasteiger partial charge in [0.15, 0.2) is 5.82 Å². The van der Waals surface area contributed by atoms with Gasteiger partial charge in [0.1, 0.15) is 6.61 Å². The van der Waals surface area contributed by atoms with Gasteiger partial charge in [-0.2, -0.15) is 4.98 Å². The molecule has 16 heavy (non-hydrogen) atoms. The van der Waals surface area contributed by atoms with Crippen molar-refractivity contribution in [3.63, 3.8) is 0 Å². The van der Waals surface area contributed by atoms with E-state index in [0.717, 1.165) is 32.1 Å². The van der Waals surface area contributed by atoms with Crippen LogP contribution in [-0.2, 0) is 17.8 Å². The molecule has 0 saturated heterocycles. The first-order valence-electron chi connectivity index (χ1n) is 5.98. The SMILES string of the molecule is CCCc1nc(COC2CCCC2N)no1. The van der Waals surface area contributed by atoms with Crippen LogP contribution in [0.15, 0.2) is 4.52 Å². The number of hydrogen-bond donors (Lipinski definition) is 1. The molecule has 5 nitrogen and oxygen atoms in total. The number of hydrogen-bond acceptors (Lipinski definition) is 5. The maximum Gasteiger partial charge on any atom is 0.226 e. The van der Waals surface area contributed by atoms with E-state index in [1.54, 1.807) is 0 Å². The second-order valence-electron chi connectivity index (χ2n) is 4.30. The van der Waals surface area contributed by atoms with Gasteiger partial charge in [0.25, 0.3) is 0 Å². The Morgan fingerprint density at radius 3 is 3.06 bits per heavy atom. The van der Waals surface area contributed by atoms with Crippen LogP contribution in [0, 0.1) is 0 Å². The van der Waals surface area contributed by atoms with Gasteiger partial charge >= 0.3 is 0 Å². The lowest BCUT2D eigenvalue weighted by atomic mass is 10.2. The summed E-state index contributed by atoms with van der Waals surface area (Å²) in [6.45, 7) is 2.49. The lowest BCUT2D eigenvalue weighted by Gasteiger charge is -2.14. The molecule has 5 heteroatoms. The highest BCUT2D eigenvalue weighted by molar-refractivity contribution is 4.86. The molecule has 0 spiro atoms. The molecular formula is C11H19N3O2. The molecule has 2 N–H and O–H groups in total. The van der Waals surface area contributed by atoms with E-state index in [1.807, 2.05) is 0 Å². The summed E-state index contributed by atoms with van der Waals surface area (Å²) in [6.07, 6.45) is 5.25. The Morgan fingerprint density at radius 2 is 2.38 bits per heavy atom. The molecule has 2 atom stereocenters. The molecule has 2 rings (SSSR count). The first-order chi connectivity index (χ1) is 7.79. The van der Waals surface area contributed by atoms with E-state index >= 15 is 0 Å². The fourth-order valence-electron chi connectivity index (χ4n) is 2.01. The Labute approximate surface area is 95.3 Å². The van der Waals surface area contributed by atoms with Gasteiger partial charge in [0.05, 0.1) is 6.10 Å². The summed E-state index contributed by atoms with van der Waals surface area (Å²) in [7, 11) is 0. The van der Waals surface area contributed by atoms with Gasteiger partial charge in [-0.15, -0.1) is 0 Å². The fourth-order valence-corrected chi connectivity index (χ4v) is 2.01. The minimum Gasteiger partial charge on any atom is -0.368 e. The molecule has 1 aliphatic rings. The molecule has 0 bridgehead atoms. The zero-order chi connectivity index (χ0) is 11.4. The number of rotatable bonds is 5. The van der Waals surface area contributed by atoms with Crippen molar-refractivity contribution in [3.8, 4) is 0 Å². The molecular weight excluding hydrogens is 206 g/mol. The Morgan fingerprint density at radius 1 is 1.50 bits per heavy atom. The normalized spacial score (nSPS) is 25.1. The summed E-state index contributed by atoms with van der Waals surface area (Å²) >= 11 is 0. The van der Waals surface area contributed by atoms with Crippen LogP contribution in [0.4, 0.5) is 0 Å². The summed E-state index contributed by atoms with van der Waals surface area (Å²) in [5, 5.41) is 3.87. The minimum absolute atomic E-state index is 0.160. The summed E-state index contributed by atoms with van der Waals surface area (Å²) in [4.78, 5) is 4.24. The smallest absolute Gasteiger partial charge is 0.226 e. The largest absolute Gasteiger partial charge is 0.368 e. The van der Waals surface area contributed by atoms with Gasteiger partial charge in [0.2, 0.25) is 5.89 Å². The van der Waals surface area contributed by atoms with E-state index in [4.69, 9.17) is 15.0 Å². The van der Waals surface area contributed by atoms with Gasteiger partial charge < -0.3 is 15.0 Å². The summed E-state index contributed by atoms with van der Waals surface area (Å²) < 4.78 is 10.8. The molecule has 0 amide bonds. The van der Waals surface area contributed by atoms with Crippen LogP contribution in [0.25, 0.3) is 0 Å². The first kappa shape index (κ1) is 11.5. The van der Waals surface area contributed by atoms with Gasteiger partial charge in [-0.05, 0) is 25.7 Å². The third-order valence-electron chi connectivity index (χ3n) is 2.90. The Bertz CT molecular complexity index is 327. The van der Waals surface area contributed by atoms with Crippen LogP contribution in [-0.4, -0.2) is 22.3 Å². The third kappa shape index (κ3) is 2.80. The van der Waals surface area contributed by atoms with E-state index in [-0.39, 0.29) is 12.1 Å². The molecule has 0 aromatic carbocycles. The Hall–Kier alpha value is -0.940. The summed E-state index contributed by atoms with van der Waals surface area (Å²) in [6, 6.07) is 0.169. The number of aromatic nitrogens is 2. The lowest BCUT2D eigenvalue weighted by Crippen LogP contribution is -2.31. The van der Waals surface area contributed by atoms with E-state index in [9.17, 15) is 0 Å². The van der Waals surface area contributed by atoms with Crippen molar-refractivity contribution >= 4 is 0 Å². The molecule has 1 aromatic heterocycles. The van der Waals surface area contributed by atoms with Gasteiger partial charge in [-0.25, -0.2) is 0 Å². The average Bonchev–Trinajstić information content (AvgIpc) is 2.86. The van der Waals surface area contributed by atoms with Gasteiger partial charge in [-0.1, -0.05) is 12.1 Å². The van der Waals surface area contributed by atoms with Crippen molar-refractivity contribution in [1.29, 1.82) is 0 Å². The molecule has 1 saturated carbocycles. The van der Waals surface area contributed by atoms with Crippen molar-refractivity contribution in [1.82, 2.24) is 10.1 Å². The standard InChI is InChI=1S/C11H19N3O2/c1-2-4-11-13-10(14-16-11)7-15-9-6-3-5-8(9)12/h8-9H,2-7,12H2,1H3. The number of nitrogens with two attached hydrogens (primary N) is 1. The van der Waals surface area contributed by atoms with Crippen LogP contribution < -0.4 is 5.73 Å². The van der Waals surface area contributed by atoms with E-state index < -0.39 is 0 Å². The molecule has 1 aromatic rings. The maximum atomic E-state index is 5.91. The van der Waals surface area contributed by atoms with Crippen LogP contribution in [0.1, 0.15) is 44.3 Å². The first-order valence-corrected chi connectivity index (χ1v) is 5.98. The van der Waals surface area contributed by atoms with Crippen molar-refractivity contribution in [3.05, 3.63) is 11.7 Å². The quantitative estimate of drug-likeness (QED) is 0.820. The molecule has 0 aliphatic heterocycles. The van der Waals surface area contributed by atoms with Crippen LogP contribution in [0.2, 0.25) is 0 Å². The van der Waals surface area contributed by atoms with Crippen LogP contribution in [0.5, 0.6) is 0 Å². The molecule has 1 heterocycles. The summed E-state index contributed by atoms with van der Waals surface area (Å²) in [5.41, 5.74) is 5.91. The van der Waals surface area contributed by atoms with E-state index in [2.05, 4.69) is 17.1 Å².